The minimum absolute atomic E-state index is 0.0214. The zero-order valence-electron chi connectivity index (χ0n) is 11.8. The van der Waals surface area contributed by atoms with Crippen molar-refractivity contribution in [3.63, 3.8) is 0 Å². The molecule has 110 valence electrons. The average molecular weight is 286 g/mol. The number of amides is 3. The maximum Gasteiger partial charge on any atom is 0.253 e. The van der Waals surface area contributed by atoms with Crippen LogP contribution in [0.2, 0.25) is 0 Å². The van der Waals surface area contributed by atoms with Crippen LogP contribution in [0.4, 0.5) is 0 Å². The van der Waals surface area contributed by atoms with Crippen LogP contribution in [-0.4, -0.2) is 46.7 Å². The van der Waals surface area contributed by atoms with Crippen molar-refractivity contribution >= 4 is 17.7 Å². The fraction of sp³-hybridized carbons (Fsp3) is 0.438. The SMILES string of the molecule is O=C(c1ccccc1)N1CCC(N2C(=O)CCC2=O)CC1. The second-order valence-corrected chi connectivity index (χ2v) is 5.55. The van der Waals surface area contributed by atoms with E-state index in [-0.39, 0.29) is 23.8 Å². The van der Waals surface area contributed by atoms with Crippen molar-refractivity contribution < 1.29 is 14.4 Å². The van der Waals surface area contributed by atoms with Crippen LogP contribution >= 0.6 is 0 Å². The molecule has 0 saturated carbocycles. The van der Waals surface area contributed by atoms with Crippen molar-refractivity contribution in [2.24, 2.45) is 0 Å². The summed E-state index contributed by atoms with van der Waals surface area (Å²) in [6.07, 6.45) is 2.02. The maximum absolute atomic E-state index is 12.3. The van der Waals surface area contributed by atoms with E-state index in [2.05, 4.69) is 0 Å². The van der Waals surface area contributed by atoms with Gasteiger partial charge >= 0.3 is 0 Å². The third kappa shape index (κ3) is 2.68. The molecule has 0 radical (unpaired) electrons. The molecule has 1 aromatic rings. The number of likely N-dealkylation sites (tertiary alicyclic amines) is 2. The topological polar surface area (TPSA) is 57.7 Å². The quantitative estimate of drug-likeness (QED) is 0.773. The molecule has 1 aromatic carbocycles. The van der Waals surface area contributed by atoms with Gasteiger partial charge in [0.2, 0.25) is 11.8 Å². The Morgan fingerprint density at radius 1 is 0.952 bits per heavy atom. The molecular formula is C16H18N2O3. The summed E-state index contributed by atoms with van der Waals surface area (Å²) < 4.78 is 0. The highest BCUT2D eigenvalue weighted by Crippen LogP contribution is 2.23. The van der Waals surface area contributed by atoms with Crippen LogP contribution in [0.3, 0.4) is 0 Å². The van der Waals surface area contributed by atoms with Crippen molar-refractivity contribution in [1.82, 2.24) is 9.80 Å². The van der Waals surface area contributed by atoms with E-state index in [1.54, 1.807) is 4.90 Å². The number of hydrogen-bond acceptors (Lipinski definition) is 3. The molecule has 2 fully saturated rings. The van der Waals surface area contributed by atoms with Gasteiger partial charge in [-0.2, -0.15) is 0 Å². The first-order valence-electron chi connectivity index (χ1n) is 7.36. The Bertz CT molecular complexity index is 546. The van der Waals surface area contributed by atoms with Gasteiger partial charge in [0, 0.05) is 37.5 Å². The number of benzene rings is 1. The lowest BCUT2D eigenvalue weighted by Gasteiger charge is -2.35. The minimum atomic E-state index is -0.0622. The smallest absolute Gasteiger partial charge is 0.253 e. The normalized spacial score (nSPS) is 20.2. The van der Waals surface area contributed by atoms with E-state index < -0.39 is 0 Å². The van der Waals surface area contributed by atoms with E-state index >= 15 is 0 Å². The lowest BCUT2D eigenvalue weighted by Crippen LogP contribution is -2.48. The van der Waals surface area contributed by atoms with Crippen molar-refractivity contribution in [1.29, 1.82) is 0 Å². The lowest BCUT2D eigenvalue weighted by molar-refractivity contribution is -0.141. The zero-order valence-corrected chi connectivity index (χ0v) is 11.8. The maximum atomic E-state index is 12.3. The first-order valence-corrected chi connectivity index (χ1v) is 7.36. The first-order chi connectivity index (χ1) is 10.2. The third-order valence-electron chi connectivity index (χ3n) is 4.23. The van der Waals surface area contributed by atoms with Gasteiger partial charge < -0.3 is 4.90 Å². The molecule has 0 N–H and O–H groups in total. The van der Waals surface area contributed by atoms with E-state index in [4.69, 9.17) is 0 Å². The van der Waals surface area contributed by atoms with Crippen LogP contribution < -0.4 is 0 Å². The monoisotopic (exact) mass is 286 g/mol. The Morgan fingerprint density at radius 3 is 2.10 bits per heavy atom. The molecule has 0 spiro atoms. The standard InChI is InChI=1S/C16H18N2O3/c19-14-6-7-15(20)18(14)13-8-10-17(11-9-13)16(21)12-4-2-1-3-5-12/h1-5,13H,6-11H2. The van der Waals surface area contributed by atoms with Crippen LogP contribution in [0, 0.1) is 0 Å². The zero-order chi connectivity index (χ0) is 14.8. The average Bonchev–Trinajstić information content (AvgIpc) is 2.87. The fourth-order valence-corrected chi connectivity index (χ4v) is 3.09. The summed E-state index contributed by atoms with van der Waals surface area (Å²) in [4.78, 5) is 39.0. The molecule has 5 heteroatoms. The molecule has 0 aromatic heterocycles. The van der Waals surface area contributed by atoms with Crippen LogP contribution in [-0.2, 0) is 9.59 Å². The fourth-order valence-electron chi connectivity index (χ4n) is 3.09. The van der Waals surface area contributed by atoms with Crippen molar-refractivity contribution in [3.05, 3.63) is 35.9 Å². The van der Waals surface area contributed by atoms with Gasteiger partial charge in [0.05, 0.1) is 0 Å². The molecule has 5 nitrogen and oxygen atoms in total. The van der Waals surface area contributed by atoms with E-state index in [9.17, 15) is 14.4 Å². The molecule has 2 saturated heterocycles. The third-order valence-corrected chi connectivity index (χ3v) is 4.23. The van der Waals surface area contributed by atoms with E-state index in [0.29, 0.717) is 44.3 Å². The van der Waals surface area contributed by atoms with E-state index in [0.717, 1.165) is 0 Å². The molecule has 21 heavy (non-hydrogen) atoms. The first kappa shape index (κ1) is 13.8. The van der Waals surface area contributed by atoms with Crippen LogP contribution in [0.15, 0.2) is 30.3 Å². The van der Waals surface area contributed by atoms with Crippen LogP contribution in [0.5, 0.6) is 0 Å². The predicted molar refractivity (Wildman–Crippen MR) is 76.5 cm³/mol. The Labute approximate surface area is 123 Å². The number of carbonyl (C=O) groups is 3. The summed E-state index contributed by atoms with van der Waals surface area (Å²) in [7, 11) is 0. The van der Waals surface area contributed by atoms with Gasteiger partial charge in [0.15, 0.2) is 0 Å². The molecule has 3 rings (SSSR count). The molecule has 0 unspecified atom stereocenters. The summed E-state index contributed by atoms with van der Waals surface area (Å²) in [5, 5.41) is 0. The molecular weight excluding hydrogens is 268 g/mol. The Hall–Kier alpha value is -2.17. The summed E-state index contributed by atoms with van der Waals surface area (Å²) in [6, 6.07) is 9.16. The number of hydrogen-bond donors (Lipinski definition) is 0. The Balaban J connectivity index is 1.62. The molecule has 2 aliphatic rings. The molecule has 0 aliphatic carbocycles. The highest BCUT2D eigenvalue weighted by Gasteiger charge is 2.37. The molecule has 0 atom stereocenters. The Morgan fingerprint density at radius 2 is 1.52 bits per heavy atom. The lowest BCUT2D eigenvalue weighted by atomic mass is 10.0. The number of nitrogens with zero attached hydrogens (tertiary/aromatic N) is 2. The van der Waals surface area contributed by atoms with E-state index in [1.807, 2.05) is 30.3 Å². The van der Waals surface area contributed by atoms with Crippen molar-refractivity contribution in [3.8, 4) is 0 Å². The summed E-state index contributed by atoms with van der Waals surface area (Å²) in [5.41, 5.74) is 0.685. The molecule has 2 heterocycles. The van der Waals surface area contributed by atoms with Crippen molar-refractivity contribution in [2.75, 3.05) is 13.1 Å². The van der Waals surface area contributed by atoms with Gasteiger partial charge in [-0.1, -0.05) is 18.2 Å². The molecule has 3 amide bonds. The largest absolute Gasteiger partial charge is 0.338 e. The van der Waals surface area contributed by atoms with Crippen LogP contribution in [0.1, 0.15) is 36.0 Å². The number of imide groups is 1. The predicted octanol–water partition coefficient (Wildman–Crippen LogP) is 1.44. The Kier molecular flexibility index (Phi) is 3.73. The van der Waals surface area contributed by atoms with E-state index in [1.165, 1.54) is 4.90 Å². The highest BCUT2D eigenvalue weighted by atomic mass is 16.2. The summed E-state index contributed by atoms with van der Waals surface area (Å²) in [6.45, 7) is 1.19. The van der Waals surface area contributed by atoms with Gasteiger partial charge in [-0.15, -0.1) is 0 Å². The van der Waals surface area contributed by atoms with Gasteiger partial charge in [-0.25, -0.2) is 0 Å². The highest BCUT2D eigenvalue weighted by molar-refractivity contribution is 6.02. The number of piperidine rings is 1. The van der Waals surface area contributed by atoms with Gasteiger partial charge in [-0.3, -0.25) is 19.3 Å². The molecule has 0 bridgehead atoms. The van der Waals surface area contributed by atoms with Gasteiger partial charge in [0.25, 0.3) is 5.91 Å². The molecule has 2 aliphatic heterocycles. The van der Waals surface area contributed by atoms with Crippen LogP contribution in [0.25, 0.3) is 0 Å². The number of rotatable bonds is 2. The summed E-state index contributed by atoms with van der Waals surface area (Å²) in [5.74, 6) is -0.103. The van der Waals surface area contributed by atoms with Crippen molar-refractivity contribution in [2.45, 2.75) is 31.7 Å². The second kappa shape index (κ2) is 5.68. The summed E-state index contributed by atoms with van der Waals surface area (Å²) >= 11 is 0. The van der Waals surface area contributed by atoms with Gasteiger partial charge in [-0.05, 0) is 25.0 Å². The van der Waals surface area contributed by atoms with Gasteiger partial charge in [0.1, 0.15) is 0 Å². The number of carbonyl (C=O) groups excluding carboxylic acids is 3. The second-order valence-electron chi connectivity index (χ2n) is 5.55. The minimum Gasteiger partial charge on any atom is -0.338 e.